The van der Waals surface area contributed by atoms with Crippen molar-refractivity contribution < 1.29 is 9.59 Å². The van der Waals surface area contributed by atoms with E-state index in [0.717, 1.165) is 63.2 Å². The summed E-state index contributed by atoms with van der Waals surface area (Å²) in [7, 11) is 0. The highest BCUT2D eigenvalue weighted by molar-refractivity contribution is 5.90. The number of benzene rings is 1. The van der Waals surface area contributed by atoms with Crippen molar-refractivity contribution >= 4 is 23.2 Å². The van der Waals surface area contributed by atoms with Crippen LogP contribution in [-0.2, 0) is 9.59 Å². The number of hydrogen-bond donors (Lipinski definition) is 1. The molecule has 1 aromatic carbocycles. The fourth-order valence-corrected chi connectivity index (χ4v) is 4.27. The van der Waals surface area contributed by atoms with Crippen molar-refractivity contribution in [2.24, 2.45) is 11.3 Å². The molecular formula is C25H41N3O2. The highest BCUT2D eigenvalue weighted by atomic mass is 16.2. The molecule has 1 fully saturated rings. The minimum Gasteiger partial charge on any atom is -0.368 e. The van der Waals surface area contributed by atoms with Crippen LogP contribution in [-0.4, -0.2) is 42.9 Å². The lowest BCUT2D eigenvalue weighted by Crippen LogP contribution is -2.49. The molecule has 30 heavy (non-hydrogen) atoms. The number of piperazine rings is 1. The number of amides is 2. The summed E-state index contributed by atoms with van der Waals surface area (Å²) < 4.78 is 0. The van der Waals surface area contributed by atoms with Crippen molar-refractivity contribution in [3.05, 3.63) is 24.3 Å². The fourth-order valence-electron chi connectivity index (χ4n) is 4.27. The summed E-state index contributed by atoms with van der Waals surface area (Å²) in [4.78, 5) is 28.9. The van der Waals surface area contributed by atoms with E-state index in [-0.39, 0.29) is 17.2 Å². The van der Waals surface area contributed by atoms with Crippen LogP contribution in [0.2, 0.25) is 0 Å². The predicted octanol–water partition coefficient (Wildman–Crippen LogP) is 5.32. The van der Waals surface area contributed by atoms with Gasteiger partial charge in [-0.3, -0.25) is 9.59 Å². The first-order valence-corrected chi connectivity index (χ1v) is 11.6. The van der Waals surface area contributed by atoms with Crippen molar-refractivity contribution in [2.45, 2.75) is 73.1 Å². The molecule has 0 aromatic heterocycles. The van der Waals surface area contributed by atoms with Gasteiger partial charge < -0.3 is 15.1 Å². The Kier molecular flexibility index (Phi) is 9.19. The lowest BCUT2D eigenvalue weighted by Gasteiger charge is -2.37. The van der Waals surface area contributed by atoms with E-state index in [0.29, 0.717) is 18.8 Å². The normalized spacial score (nSPS) is 15.8. The Bertz CT molecular complexity index is 671. The second kappa shape index (κ2) is 11.4. The van der Waals surface area contributed by atoms with Gasteiger partial charge in [-0.25, -0.2) is 0 Å². The fraction of sp³-hybridized carbons (Fsp3) is 0.680. The average molecular weight is 416 g/mol. The van der Waals surface area contributed by atoms with Crippen LogP contribution < -0.4 is 10.2 Å². The van der Waals surface area contributed by atoms with Crippen LogP contribution in [0.5, 0.6) is 0 Å². The average Bonchev–Trinajstić information content (AvgIpc) is 2.67. The smallest absolute Gasteiger partial charge is 0.224 e. The monoisotopic (exact) mass is 415 g/mol. The van der Waals surface area contributed by atoms with Gasteiger partial charge in [0.1, 0.15) is 0 Å². The maximum Gasteiger partial charge on any atom is 0.224 e. The molecule has 1 unspecified atom stereocenters. The summed E-state index contributed by atoms with van der Waals surface area (Å²) in [6.07, 6.45) is 5.45. The molecule has 2 rings (SSSR count). The van der Waals surface area contributed by atoms with Crippen molar-refractivity contribution in [1.29, 1.82) is 0 Å². The van der Waals surface area contributed by atoms with Gasteiger partial charge in [-0.15, -0.1) is 0 Å². The highest BCUT2D eigenvalue weighted by Crippen LogP contribution is 2.27. The van der Waals surface area contributed by atoms with Crippen molar-refractivity contribution in [1.82, 2.24) is 4.90 Å². The first kappa shape index (κ1) is 24.2. The summed E-state index contributed by atoms with van der Waals surface area (Å²) in [6, 6.07) is 8.06. The molecule has 5 heteroatoms. The molecule has 168 valence electrons. The van der Waals surface area contributed by atoms with Gasteiger partial charge in [-0.05, 0) is 48.4 Å². The largest absolute Gasteiger partial charge is 0.368 e. The maximum absolute atomic E-state index is 12.6. The Morgan fingerprint density at radius 2 is 1.67 bits per heavy atom. The van der Waals surface area contributed by atoms with Crippen LogP contribution in [0, 0.1) is 11.3 Å². The number of carbonyl (C=O) groups excluding carboxylic acids is 2. The third kappa shape index (κ3) is 8.37. The van der Waals surface area contributed by atoms with Gasteiger partial charge in [0.05, 0.1) is 0 Å². The molecule has 0 aliphatic carbocycles. The van der Waals surface area contributed by atoms with Gasteiger partial charge >= 0.3 is 0 Å². The number of anilines is 2. The minimum atomic E-state index is 0.0871. The third-order valence-corrected chi connectivity index (χ3v) is 5.64. The molecule has 1 saturated heterocycles. The van der Waals surface area contributed by atoms with Crippen molar-refractivity contribution in [2.75, 3.05) is 36.4 Å². The van der Waals surface area contributed by atoms with Crippen LogP contribution >= 0.6 is 0 Å². The number of rotatable bonds is 9. The molecule has 2 amide bonds. The van der Waals surface area contributed by atoms with E-state index >= 15 is 0 Å². The van der Waals surface area contributed by atoms with E-state index in [2.05, 4.69) is 57.0 Å². The van der Waals surface area contributed by atoms with E-state index in [1.54, 1.807) is 0 Å². The molecule has 0 radical (unpaired) electrons. The molecular weight excluding hydrogens is 374 g/mol. The summed E-state index contributed by atoms with van der Waals surface area (Å²) >= 11 is 0. The quantitative estimate of drug-likeness (QED) is 0.556. The second-order valence-electron chi connectivity index (χ2n) is 9.99. The number of nitrogens with zero attached hydrogens (tertiary/aromatic N) is 2. The van der Waals surface area contributed by atoms with Gasteiger partial charge in [0, 0.05) is 50.4 Å². The van der Waals surface area contributed by atoms with E-state index < -0.39 is 0 Å². The van der Waals surface area contributed by atoms with Gasteiger partial charge in [0.25, 0.3) is 0 Å². The highest BCUT2D eigenvalue weighted by Gasteiger charge is 2.24. The Morgan fingerprint density at radius 1 is 1.03 bits per heavy atom. The molecule has 1 aliphatic rings. The summed E-state index contributed by atoms with van der Waals surface area (Å²) in [5.74, 6) is 0.789. The Hall–Kier alpha value is -2.04. The molecule has 0 saturated carbocycles. The Labute approximate surface area is 183 Å². The zero-order chi connectivity index (χ0) is 22.1. The molecule has 0 spiro atoms. The number of hydrogen-bond acceptors (Lipinski definition) is 3. The lowest BCUT2D eigenvalue weighted by molar-refractivity contribution is -0.132. The van der Waals surface area contributed by atoms with Gasteiger partial charge in [0.2, 0.25) is 11.8 Å². The molecule has 0 bridgehead atoms. The minimum absolute atomic E-state index is 0.0871. The van der Waals surface area contributed by atoms with Crippen LogP contribution in [0.4, 0.5) is 11.4 Å². The lowest BCUT2D eigenvalue weighted by atomic mass is 9.84. The predicted molar refractivity (Wildman–Crippen MR) is 126 cm³/mol. The van der Waals surface area contributed by atoms with Crippen LogP contribution in [0.25, 0.3) is 0 Å². The van der Waals surface area contributed by atoms with Crippen molar-refractivity contribution in [3.63, 3.8) is 0 Å². The maximum atomic E-state index is 12.6. The van der Waals surface area contributed by atoms with Gasteiger partial charge in [0.15, 0.2) is 0 Å². The Balaban J connectivity index is 1.78. The molecule has 1 N–H and O–H groups in total. The van der Waals surface area contributed by atoms with E-state index in [1.807, 2.05) is 17.0 Å². The van der Waals surface area contributed by atoms with Crippen molar-refractivity contribution in [3.8, 4) is 0 Å². The number of unbranched alkanes of at least 4 members (excludes halogenated alkanes) is 2. The SMILES string of the molecule is CCCCCC(=O)Nc1ccc(N2CCN(C(=O)CC(C)CC(C)(C)C)CC2)cc1. The molecule has 5 nitrogen and oxygen atoms in total. The second-order valence-corrected chi connectivity index (χ2v) is 9.99. The van der Waals surface area contributed by atoms with Crippen LogP contribution in [0.1, 0.15) is 73.1 Å². The molecule has 1 heterocycles. The van der Waals surface area contributed by atoms with Gasteiger partial charge in [-0.1, -0.05) is 47.5 Å². The number of nitrogens with one attached hydrogen (secondary N) is 1. The first-order chi connectivity index (χ1) is 14.2. The van der Waals surface area contributed by atoms with Gasteiger partial charge in [-0.2, -0.15) is 0 Å². The molecule has 1 aromatic rings. The number of carbonyl (C=O) groups is 2. The summed E-state index contributed by atoms with van der Waals surface area (Å²) in [5.41, 5.74) is 2.26. The zero-order valence-electron chi connectivity index (χ0n) is 19.7. The van der Waals surface area contributed by atoms with Crippen LogP contribution in [0.15, 0.2) is 24.3 Å². The Morgan fingerprint density at radius 3 is 2.23 bits per heavy atom. The summed E-state index contributed by atoms with van der Waals surface area (Å²) in [6.45, 7) is 14.3. The van der Waals surface area contributed by atoms with Crippen LogP contribution in [0.3, 0.4) is 0 Å². The molecule has 1 atom stereocenters. The third-order valence-electron chi connectivity index (χ3n) is 5.64. The van der Waals surface area contributed by atoms with E-state index in [4.69, 9.17) is 0 Å². The zero-order valence-corrected chi connectivity index (χ0v) is 19.7. The first-order valence-electron chi connectivity index (χ1n) is 11.6. The molecule has 1 aliphatic heterocycles. The standard InChI is InChI=1S/C25H41N3O2/c1-6-7-8-9-23(29)26-21-10-12-22(13-11-21)27-14-16-28(17-15-27)24(30)18-20(2)19-25(3,4)5/h10-13,20H,6-9,14-19H2,1-5H3,(H,26,29). The summed E-state index contributed by atoms with van der Waals surface area (Å²) in [5, 5.41) is 2.98. The van der Waals surface area contributed by atoms with E-state index in [9.17, 15) is 9.59 Å². The van der Waals surface area contributed by atoms with E-state index in [1.165, 1.54) is 0 Å². The topological polar surface area (TPSA) is 52.7 Å².